The van der Waals surface area contributed by atoms with Crippen molar-refractivity contribution in [3.05, 3.63) is 518 Å². The fourth-order valence-electron chi connectivity index (χ4n) is 25.8. The molecule has 0 amide bonds. The second-order valence-electron chi connectivity index (χ2n) is 41.9. The summed E-state index contributed by atoms with van der Waals surface area (Å²) in [6.45, 7) is 14.2. The molecule has 682 valence electrons. The van der Waals surface area contributed by atoms with E-state index in [0.717, 1.165) is 24.2 Å². The molecular weight excluding hydrogens is 1750 g/mol. The van der Waals surface area contributed by atoms with Crippen molar-refractivity contribution in [3.8, 4) is 134 Å². The number of fused-ring (bicyclic) bond motifs is 19. The maximum Gasteiger partial charge on any atom is 0.0792 e. The zero-order chi connectivity index (χ0) is 96.7. The highest BCUT2D eigenvalue weighted by Gasteiger charge is 2.40. The Hall–Kier alpha value is -17.6. The molecule has 2 heterocycles. The van der Waals surface area contributed by atoms with Gasteiger partial charge in [-0.15, -0.1) is 0 Å². The molecular formula is C143H100N2. The summed E-state index contributed by atoms with van der Waals surface area (Å²) in [6, 6.07) is 171. The molecule has 0 spiro atoms. The van der Waals surface area contributed by atoms with E-state index >= 15 is 0 Å². The van der Waals surface area contributed by atoms with E-state index in [1.54, 1.807) is 0 Å². The Labute approximate surface area is 844 Å². The van der Waals surface area contributed by atoms with Crippen molar-refractivity contribution >= 4 is 118 Å². The summed E-state index contributed by atoms with van der Waals surface area (Å²) in [5.74, 6) is 0. The summed E-state index contributed by atoms with van der Waals surface area (Å²) in [5.41, 5.74) is 41.2. The standard InChI is InChI=1S/C51H36.C48H33N.C44H31N/c1-51(2)46-17-8-7-13-38(46)39-25-24-37(30-47(39)51)49-41-14-5-6-15-42(41)50(43-26-22-33-20-19-32-12-9-16-40(43)48(32)33)44-27-23-36(29-45(44)49)35-21-18-31-10-3-4-11-34(31)28-35;1-48(2)43-18-10-9-15-37(43)38-23-22-35(29-44(38)48)45-39-16-7-8-17-40(39)46(47-36-14-6-5-12-31(36)25-26-49-47)41-24-21-34(28-42(41)45)33-20-19-30-11-3-4-13-32(30)27-33;1-44(2)39-16-8-7-13-33(39)34-22-21-32(27-40(34)44)42-35-14-5-6-15-36(35)43(41-17-9-10-24-45-41)37-23-20-31(26-38(37)42)30-19-18-28-11-3-4-12-29(28)25-30/h3-18,21-30H,19-20H2,1-2H3;3-29H,1-2H3;3-27H,1-2H3. The predicted molar refractivity (Wildman–Crippen MR) is 617 cm³/mol. The third kappa shape index (κ3) is 13.6. The van der Waals surface area contributed by atoms with Gasteiger partial charge in [0.1, 0.15) is 0 Å². The zero-order valence-electron chi connectivity index (χ0n) is 81.8. The van der Waals surface area contributed by atoms with E-state index in [2.05, 4.69) is 497 Å². The third-order valence-corrected chi connectivity index (χ3v) is 32.9. The summed E-state index contributed by atoms with van der Waals surface area (Å²) >= 11 is 0. The number of pyridine rings is 2. The second kappa shape index (κ2) is 33.3. The van der Waals surface area contributed by atoms with Crippen LogP contribution < -0.4 is 0 Å². The van der Waals surface area contributed by atoms with Gasteiger partial charge in [-0.2, -0.15) is 0 Å². The third-order valence-electron chi connectivity index (χ3n) is 32.9. The number of hydrogen-bond acceptors (Lipinski definition) is 2. The van der Waals surface area contributed by atoms with Crippen LogP contribution in [-0.4, -0.2) is 9.97 Å². The van der Waals surface area contributed by atoms with Gasteiger partial charge < -0.3 is 0 Å². The van der Waals surface area contributed by atoms with Gasteiger partial charge in [-0.3, -0.25) is 9.97 Å². The number of aromatic nitrogens is 2. The van der Waals surface area contributed by atoms with Crippen LogP contribution in [0.5, 0.6) is 0 Å². The van der Waals surface area contributed by atoms with Crippen LogP contribution >= 0.6 is 0 Å². The molecule has 0 radical (unpaired) electrons. The highest BCUT2D eigenvalue weighted by atomic mass is 14.7. The van der Waals surface area contributed by atoms with Crippen molar-refractivity contribution in [3.63, 3.8) is 0 Å². The molecule has 30 rings (SSSR count). The molecule has 0 aliphatic heterocycles. The van der Waals surface area contributed by atoms with Gasteiger partial charge in [0.25, 0.3) is 0 Å². The molecule has 0 N–H and O–H groups in total. The molecule has 26 aromatic rings. The Kier molecular flexibility index (Phi) is 19.6. The predicted octanol–water partition coefficient (Wildman–Crippen LogP) is 38.6. The first-order valence-electron chi connectivity index (χ1n) is 51.2. The van der Waals surface area contributed by atoms with Crippen molar-refractivity contribution in [2.45, 2.75) is 70.6 Å². The number of nitrogens with zero attached hydrogens (tertiary/aromatic N) is 2. The summed E-state index contributed by atoms with van der Waals surface area (Å²) in [4.78, 5) is 9.94. The molecule has 0 atom stereocenters. The average Bonchev–Trinajstić information content (AvgIpc) is 1.44. The van der Waals surface area contributed by atoms with Crippen molar-refractivity contribution in [1.82, 2.24) is 9.97 Å². The van der Waals surface area contributed by atoms with E-state index in [4.69, 9.17) is 9.97 Å². The Morgan fingerprint density at radius 3 is 0.910 bits per heavy atom. The van der Waals surface area contributed by atoms with Crippen LogP contribution in [0.4, 0.5) is 0 Å². The zero-order valence-corrected chi connectivity index (χ0v) is 81.8. The van der Waals surface area contributed by atoms with Gasteiger partial charge in [-0.25, -0.2) is 0 Å². The van der Waals surface area contributed by atoms with Crippen LogP contribution in [0, 0.1) is 0 Å². The molecule has 2 aromatic heterocycles. The minimum atomic E-state index is -0.0867. The molecule has 0 bridgehead atoms. The maximum atomic E-state index is 5.08. The van der Waals surface area contributed by atoms with E-state index in [1.807, 2.05) is 18.5 Å². The van der Waals surface area contributed by atoms with Crippen LogP contribution in [0.15, 0.2) is 473 Å². The average molecular weight is 1850 g/mol. The number of rotatable bonds is 9. The molecule has 0 saturated heterocycles. The summed E-state index contributed by atoms with van der Waals surface area (Å²) in [6.07, 6.45) is 6.11. The maximum absolute atomic E-state index is 5.08. The van der Waals surface area contributed by atoms with Gasteiger partial charge in [0.2, 0.25) is 0 Å². The molecule has 2 heteroatoms. The van der Waals surface area contributed by atoms with Crippen LogP contribution in [-0.2, 0) is 29.1 Å². The fourth-order valence-corrected chi connectivity index (χ4v) is 25.8. The van der Waals surface area contributed by atoms with Crippen LogP contribution in [0.1, 0.15) is 86.1 Å². The Morgan fingerprint density at radius 2 is 0.476 bits per heavy atom. The van der Waals surface area contributed by atoms with Crippen LogP contribution in [0.2, 0.25) is 0 Å². The quantitative estimate of drug-likeness (QED) is 0.135. The van der Waals surface area contributed by atoms with Crippen molar-refractivity contribution in [1.29, 1.82) is 0 Å². The first-order valence-corrected chi connectivity index (χ1v) is 51.2. The van der Waals surface area contributed by atoms with Gasteiger partial charge in [0, 0.05) is 45.2 Å². The van der Waals surface area contributed by atoms with Gasteiger partial charge in [0.15, 0.2) is 0 Å². The van der Waals surface area contributed by atoms with Crippen LogP contribution in [0.3, 0.4) is 0 Å². The lowest BCUT2D eigenvalue weighted by atomic mass is 9.80. The lowest BCUT2D eigenvalue weighted by Gasteiger charge is -2.23. The highest BCUT2D eigenvalue weighted by Crippen LogP contribution is 2.58. The van der Waals surface area contributed by atoms with Crippen LogP contribution in [0.25, 0.3) is 252 Å². The largest absolute Gasteiger partial charge is 0.256 e. The Balaban J connectivity index is 0.000000106. The second-order valence-corrected chi connectivity index (χ2v) is 41.9. The van der Waals surface area contributed by atoms with Crippen molar-refractivity contribution in [2.75, 3.05) is 0 Å². The smallest absolute Gasteiger partial charge is 0.0792 e. The van der Waals surface area contributed by atoms with Crippen molar-refractivity contribution in [2.24, 2.45) is 0 Å². The van der Waals surface area contributed by atoms with E-state index in [0.29, 0.717) is 0 Å². The first kappa shape index (κ1) is 85.4. The highest BCUT2D eigenvalue weighted by molar-refractivity contribution is 6.27. The SMILES string of the molecule is CC1(C)c2ccccc2-c2ccc(-c3c4ccccc4c(-c4ccc5c6c(cccc46)CC5)c4ccc(-c5ccc6ccccc6c5)cc34)cc21.CC1(C)c2ccccc2-c2ccc(-c3c4ccccc4c(-c4ccccn4)c4ccc(-c5ccc6ccccc6c5)cc34)cc21.CC1(C)c2ccccc2-c2ccc(-c3c4ccccc4c(-c4nccc5ccccc45)c4ccc(-c5ccc6ccccc6c5)cc34)cc21. The van der Waals surface area contributed by atoms with E-state index in [9.17, 15) is 0 Å². The monoisotopic (exact) mass is 1840 g/mol. The van der Waals surface area contributed by atoms with Gasteiger partial charge in [-0.05, 0) is 355 Å². The molecule has 145 heavy (non-hydrogen) atoms. The fraction of sp³-hybridized carbons (Fsp3) is 0.0769. The molecule has 4 aliphatic rings. The van der Waals surface area contributed by atoms with E-state index in [-0.39, 0.29) is 16.2 Å². The molecule has 0 unspecified atom stereocenters. The number of hydrogen-bond donors (Lipinski definition) is 0. The summed E-state index contributed by atoms with van der Waals surface area (Å²) in [7, 11) is 0. The van der Waals surface area contributed by atoms with E-state index in [1.165, 1.54) is 285 Å². The van der Waals surface area contributed by atoms with Gasteiger partial charge in [-0.1, -0.05) is 430 Å². The minimum Gasteiger partial charge on any atom is -0.256 e. The summed E-state index contributed by atoms with van der Waals surface area (Å²) in [5, 5.41) is 27.8. The molecule has 0 fully saturated rings. The lowest BCUT2D eigenvalue weighted by molar-refractivity contribution is 0.660. The normalized spacial score (nSPS) is 13.6. The summed E-state index contributed by atoms with van der Waals surface area (Å²) < 4.78 is 0. The first-order chi connectivity index (χ1) is 71.2. The molecule has 0 saturated carbocycles. The van der Waals surface area contributed by atoms with Gasteiger partial charge in [0.05, 0.1) is 11.4 Å². The van der Waals surface area contributed by atoms with Crippen molar-refractivity contribution < 1.29 is 0 Å². The molecule has 24 aromatic carbocycles. The topological polar surface area (TPSA) is 25.8 Å². The minimum absolute atomic E-state index is 0.0717. The van der Waals surface area contributed by atoms with Gasteiger partial charge >= 0.3 is 0 Å². The number of aryl methyl sites for hydroxylation is 2. The Morgan fingerprint density at radius 1 is 0.166 bits per heavy atom. The molecule has 2 nitrogen and oxygen atoms in total. The van der Waals surface area contributed by atoms with E-state index < -0.39 is 0 Å². The number of benzene rings is 24. The lowest BCUT2D eigenvalue weighted by Crippen LogP contribution is -2.14. The molecule has 4 aliphatic carbocycles. The Bertz CT molecular complexity index is 9980.